The maximum Gasteiger partial charge on any atom is 0.270 e. The molecule has 3 rings (SSSR count). The molecule has 0 atom stereocenters. The molecule has 1 aliphatic heterocycles. The lowest BCUT2D eigenvalue weighted by Crippen LogP contribution is -2.28. The normalized spacial score (nSPS) is 15.5. The van der Waals surface area contributed by atoms with Crippen molar-refractivity contribution >= 4 is 57.6 Å². The Morgan fingerprint density at radius 3 is 2.50 bits per heavy atom. The molecule has 2 aromatic carbocycles. The van der Waals surface area contributed by atoms with E-state index in [-0.39, 0.29) is 15.6 Å². The first-order chi connectivity index (χ1) is 12.4. The van der Waals surface area contributed by atoms with Crippen molar-refractivity contribution in [3.63, 3.8) is 0 Å². The minimum Gasteiger partial charge on any atom is -0.545 e. The van der Waals surface area contributed by atoms with E-state index < -0.39 is 16.8 Å². The third-order valence-electron chi connectivity index (χ3n) is 3.54. The lowest BCUT2D eigenvalue weighted by Gasteiger charge is -2.15. The molecule has 9 heteroatoms. The van der Waals surface area contributed by atoms with Crippen LogP contribution in [0.25, 0.3) is 6.08 Å². The predicted octanol–water partition coefficient (Wildman–Crippen LogP) is 2.36. The summed E-state index contributed by atoms with van der Waals surface area (Å²) in [6.07, 6.45) is 1.58. The Labute approximate surface area is 157 Å². The van der Waals surface area contributed by atoms with E-state index in [0.29, 0.717) is 16.2 Å². The Balaban J connectivity index is 1.90. The van der Waals surface area contributed by atoms with Gasteiger partial charge in [0.2, 0.25) is 0 Å². The fourth-order valence-corrected chi connectivity index (χ4v) is 3.60. The molecule has 0 spiro atoms. The third-order valence-corrected chi connectivity index (χ3v) is 4.84. The van der Waals surface area contributed by atoms with Gasteiger partial charge < -0.3 is 9.90 Å². The van der Waals surface area contributed by atoms with E-state index in [1.807, 2.05) is 0 Å². The molecule has 0 bridgehead atoms. The molecule has 1 aliphatic rings. The van der Waals surface area contributed by atoms with Gasteiger partial charge in [0.1, 0.15) is 0 Å². The maximum atomic E-state index is 12.7. The second-order valence-electron chi connectivity index (χ2n) is 5.20. The van der Waals surface area contributed by atoms with Crippen molar-refractivity contribution in [2.45, 2.75) is 0 Å². The van der Waals surface area contributed by atoms with Gasteiger partial charge in [-0.3, -0.25) is 19.8 Å². The average molecular weight is 385 g/mol. The minimum absolute atomic E-state index is 0.0474. The molecular formula is C17H9N2O5S2-. The number of nitrogens with zero attached hydrogens (tertiary/aromatic N) is 2. The van der Waals surface area contributed by atoms with Gasteiger partial charge in [0.25, 0.3) is 11.6 Å². The highest BCUT2D eigenvalue weighted by Gasteiger charge is 2.33. The molecule has 0 aliphatic carbocycles. The fourth-order valence-electron chi connectivity index (χ4n) is 2.31. The number of nitro benzene ring substituents is 1. The number of amides is 1. The topological polar surface area (TPSA) is 104 Å². The van der Waals surface area contributed by atoms with Crippen molar-refractivity contribution in [1.82, 2.24) is 0 Å². The number of carboxylic acids is 1. The van der Waals surface area contributed by atoms with Crippen LogP contribution in [-0.2, 0) is 4.79 Å². The van der Waals surface area contributed by atoms with Gasteiger partial charge in [0.05, 0.1) is 21.5 Å². The Kier molecular flexibility index (Phi) is 4.83. The molecule has 0 saturated carbocycles. The zero-order valence-corrected chi connectivity index (χ0v) is 14.6. The van der Waals surface area contributed by atoms with E-state index >= 15 is 0 Å². The van der Waals surface area contributed by atoms with Crippen LogP contribution in [0, 0.1) is 10.1 Å². The molecule has 0 aromatic heterocycles. The van der Waals surface area contributed by atoms with Crippen molar-refractivity contribution in [1.29, 1.82) is 0 Å². The second-order valence-corrected chi connectivity index (χ2v) is 6.88. The number of aromatic carboxylic acids is 1. The zero-order valence-electron chi connectivity index (χ0n) is 12.9. The van der Waals surface area contributed by atoms with Gasteiger partial charge in [-0.15, -0.1) is 0 Å². The fraction of sp³-hybridized carbons (Fsp3) is 0. The number of anilines is 1. The van der Waals surface area contributed by atoms with Crippen LogP contribution < -0.4 is 10.0 Å². The van der Waals surface area contributed by atoms with Crippen molar-refractivity contribution < 1.29 is 19.6 Å². The molecule has 1 heterocycles. The van der Waals surface area contributed by atoms with Crippen LogP contribution in [0.4, 0.5) is 11.4 Å². The van der Waals surface area contributed by atoms with Crippen LogP contribution in [0.2, 0.25) is 0 Å². The van der Waals surface area contributed by atoms with Crippen LogP contribution in [0.15, 0.2) is 53.4 Å². The van der Waals surface area contributed by atoms with Crippen LogP contribution in [0.3, 0.4) is 0 Å². The number of benzene rings is 2. The van der Waals surface area contributed by atoms with Gasteiger partial charge >= 0.3 is 0 Å². The highest BCUT2D eigenvalue weighted by Crippen LogP contribution is 2.36. The molecule has 7 nitrogen and oxygen atoms in total. The summed E-state index contributed by atoms with van der Waals surface area (Å²) in [6.45, 7) is 0. The Bertz CT molecular complexity index is 969. The molecule has 1 fully saturated rings. The number of thioether (sulfide) groups is 1. The molecule has 0 radical (unpaired) electrons. The number of carbonyl (C=O) groups is 2. The lowest BCUT2D eigenvalue weighted by molar-refractivity contribution is -0.384. The zero-order chi connectivity index (χ0) is 18.8. The highest BCUT2D eigenvalue weighted by atomic mass is 32.2. The summed E-state index contributed by atoms with van der Waals surface area (Å²) in [5.41, 5.74) is 0.838. The molecule has 26 heavy (non-hydrogen) atoms. The van der Waals surface area contributed by atoms with Crippen LogP contribution >= 0.6 is 24.0 Å². The first kappa shape index (κ1) is 17.8. The summed E-state index contributed by atoms with van der Waals surface area (Å²) >= 11 is 6.30. The van der Waals surface area contributed by atoms with Gasteiger partial charge in [-0.1, -0.05) is 36.1 Å². The van der Waals surface area contributed by atoms with E-state index in [0.717, 1.165) is 11.8 Å². The number of carbonyl (C=O) groups excluding carboxylic acids is 2. The summed E-state index contributed by atoms with van der Waals surface area (Å²) in [4.78, 5) is 35.4. The molecule has 0 N–H and O–H groups in total. The van der Waals surface area contributed by atoms with E-state index in [9.17, 15) is 24.8 Å². The summed E-state index contributed by atoms with van der Waals surface area (Å²) in [6, 6.07) is 11.5. The van der Waals surface area contributed by atoms with Crippen molar-refractivity contribution in [3.8, 4) is 0 Å². The molecule has 0 unspecified atom stereocenters. The number of non-ortho nitro benzene ring substituents is 1. The summed E-state index contributed by atoms with van der Waals surface area (Å²) in [7, 11) is 0. The molecule has 130 valence electrons. The summed E-state index contributed by atoms with van der Waals surface area (Å²) < 4.78 is 0.263. The second kappa shape index (κ2) is 7.06. The predicted molar refractivity (Wildman–Crippen MR) is 99.5 cm³/mol. The van der Waals surface area contributed by atoms with E-state index in [1.54, 1.807) is 12.1 Å². The number of hydrogen-bond donors (Lipinski definition) is 0. The number of carboxylic acid groups (broad SMARTS) is 1. The molecular weight excluding hydrogens is 376 g/mol. The number of hydrogen-bond acceptors (Lipinski definition) is 7. The van der Waals surface area contributed by atoms with Gasteiger partial charge in [-0.2, -0.15) is 0 Å². The van der Waals surface area contributed by atoms with Crippen LogP contribution in [-0.4, -0.2) is 21.1 Å². The quantitative estimate of drug-likeness (QED) is 0.344. The third kappa shape index (κ3) is 3.48. The summed E-state index contributed by atoms with van der Waals surface area (Å²) in [5, 5.41) is 21.7. The van der Waals surface area contributed by atoms with E-state index in [4.69, 9.17) is 12.2 Å². The van der Waals surface area contributed by atoms with Crippen LogP contribution in [0.1, 0.15) is 15.9 Å². The van der Waals surface area contributed by atoms with Crippen molar-refractivity contribution in [2.75, 3.05) is 4.90 Å². The minimum atomic E-state index is -1.35. The Hall–Kier alpha value is -3.04. The van der Waals surface area contributed by atoms with Crippen LogP contribution in [0.5, 0.6) is 0 Å². The monoisotopic (exact) mass is 385 g/mol. The maximum absolute atomic E-state index is 12.7. The molecule has 2 aromatic rings. The highest BCUT2D eigenvalue weighted by molar-refractivity contribution is 8.27. The van der Waals surface area contributed by atoms with E-state index in [1.165, 1.54) is 47.4 Å². The largest absolute Gasteiger partial charge is 0.545 e. The number of nitro groups is 1. The van der Waals surface area contributed by atoms with Gasteiger partial charge in [0.15, 0.2) is 4.32 Å². The Morgan fingerprint density at radius 2 is 1.88 bits per heavy atom. The first-order valence-corrected chi connectivity index (χ1v) is 8.43. The van der Waals surface area contributed by atoms with Gasteiger partial charge in [-0.25, -0.2) is 0 Å². The first-order valence-electron chi connectivity index (χ1n) is 7.20. The SMILES string of the molecule is O=C([O-])c1cccc(N2C(=O)/C(=C/c3ccc([N+](=O)[O-])cc3)SC2=S)c1. The average Bonchev–Trinajstić information content (AvgIpc) is 2.89. The van der Waals surface area contributed by atoms with Gasteiger partial charge in [0, 0.05) is 12.1 Å². The van der Waals surface area contributed by atoms with E-state index in [2.05, 4.69) is 0 Å². The van der Waals surface area contributed by atoms with Crippen molar-refractivity contribution in [3.05, 3.63) is 74.7 Å². The number of thiocarbonyl (C=S) groups is 1. The standard InChI is InChI=1S/C17H10N2O5S2/c20-15-14(8-10-4-6-12(7-5-10)19(23)24)26-17(25)18(15)13-3-1-2-11(9-13)16(21)22/h1-9H,(H,21,22)/p-1/b14-8-. The summed E-state index contributed by atoms with van der Waals surface area (Å²) in [5.74, 6) is -1.74. The smallest absolute Gasteiger partial charge is 0.270 e. The molecule has 1 saturated heterocycles. The Morgan fingerprint density at radius 1 is 1.19 bits per heavy atom. The number of rotatable bonds is 4. The van der Waals surface area contributed by atoms with Crippen molar-refractivity contribution in [2.24, 2.45) is 0 Å². The lowest BCUT2D eigenvalue weighted by atomic mass is 10.1. The molecule has 1 amide bonds. The van der Waals surface area contributed by atoms with Gasteiger partial charge in [-0.05, 0) is 41.5 Å².